The van der Waals surface area contributed by atoms with E-state index in [9.17, 15) is 14.4 Å². The quantitative estimate of drug-likeness (QED) is 0.227. The lowest BCUT2D eigenvalue weighted by Crippen LogP contribution is -2.33. The number of ether oxygens (including phenoxy) is 1. The van der Waals surface area contributed by atoms with E-state index < -0.39 is 11.6 Å². The van der Waals surface area contributed by atoms with Crippen LogP contribution in [0, 0.1) is 0 Å². The second-order valence-electron chi connectivity index (χ2n) is 5.07. The van der Waals surface area contributed by atoms with Crippen molar-refractivity contribution in [1.29, 1.82) is 0 Å². The minimum absolute atomic E-state index is 0.214. The van der Waals surface area contributed by atoms with Crippen molar-refractivity contribution in [3.05, 3.63) is 36.0 Å². The number of allylic oxidation sites excluding steroid dienone is 3. The first-order valence-corrected chi connectivity index (χ1v) is 7.30. The summed E-state index contributed by atoms with van der Waals surface area (Å²) in [7, 11) is 0. The van der Waals surface area contributed by atoms with Gasteiger partial charge in [-0.3, -0.25) is 14.4 Å². The van der Waals surface area contributed by atoms with E-state index >= 15 is 0 Å². The number of esters is 1. The van der Waals surface area contributed by atoms with Crippen molar-refractivity contribution in [1.82, 2.24) is 0 Å². The van der Waals surface area contributed by atoms with Gasteiger partial charge >= 0.3 is 5.97 Å². The number of unbranched alkanes of at least 4 members (excludes halogenated alkanes) is 3. The normalized spacial score (nSPS) is 23.1. The van der Waals surface area contributed by atoms with Gasteiger partial charge in [-0.25, -0.2) is 0 Å². The minimum Gasteiger partial charge on any atom is -0.450 e. The van der Waals surface area contributed by atoms with E-state index in [2.05, 4.69) is 6.92 Å². The Morgan fingerprint density at radius 1 is 1.33 bits per heavy atom. The molecule has 1 rings (SSSR count). The molecule has 0 radical (unpaired) electrons. The lowest BCUT2D eigenvalue weighted by atomic mass is 9.92. The van der Waals surface area contributed by atoms with Crippen molar-refractivity contribution in [2.24, 2.45) is 0 Å². The molecule has 0 aromatic heterocycles. The fourth-order valence-electron chi connectivity index (χ4n) is 2.34. The number of carbonyl (C=O) groups excluding carboxylic acids is 3. The molecule has 0 N–H and O–H groups in total. The Morgan fingerprint density at radius 2 is 2.10 bits per heavy atom. The third kappa shape index (κ3) is 4.81. The number of ketones is 1. The molecule has 4 nitrogen and oxygen atoms in total. The summed E-state index contributed by atoms with van der Waals surface area (Å²) < 4.78 is 5.34. The van der Waals surface area contributed by atoms with Crippen LogP contribution in [-0.4, -0.2) is 23.6 Å². The van der Waals surface area contributed by atoms with Crippen molar-refractivity contribution >= 4 is 18.0 Å². The first kappa shape index (κ1) is 17.1. The summed E-state index contributed by atoms with van der Waals surface area (Å²) in [5.74, 6) is -0.770. The zero-order valence-electron chi connectivity index (χ0n) is 12.6. The molecule has 21 heavy (non-hydrogen) atoms. The molecule has 1 unspecified atom stereocenters. The van der Waals surface area contributed by atoms with Gasteiger partial charge in [0.1, 0.15) is 6.29 Å². The van der Waals surface area contributed by atoms with Crippen LogP contribution >= 0.6 is 0 Å². The molecule has 0 aliphatic heterocycles. The maximum Gasteiger partial charge on any atom is 0.303 e. The third-order valence-electron chi connectivity index (χ3n) is 3.35. The summed E-state index contributed by atoms with van der Waals surface area (Å²) in [5.41, 5.74) is -0.920. The molecule has 0 saturated heterocycles. The molecule has 1 aliphatic carbocycles. The highest BCUT2D eigenvalue weighted by molar-refractivity contribution is 6.11. The monoisotopic (exact) mass is 290 g/mol. The Bertz CT molecular complexity index is 485. The summed E-state index contributed by atoms with van der Waals surface area (Å²) in [6.07, 6.45) is 13.3. The molecule has 4 heteroatoms. The number of rotatable bonds is 8. The Balaban J connectivity index is 2.82. The number of hydrogen-bond acceptors (Lipinski definition) is 4. The summed E-state index contributed by atoms with van der Waals surface area (Å²) in [6.45, 7) is 3.44. The molecule has 0 bridgehead atoms. The zero-order chi connectivity index (χ0) is 15.7. The van der Waals surface area contributed by atoms with E-state index in [1.807, 2.05) is 12.2 Å². The lowest BCUT2D eigenvalue weighted by molar-refractivity contribution is -0.149. The molecule has 114 valence electrons. The van der Waals surface area contributed by atoms with Crippen LogP contribution < -0.4 is 0 Å². The molecule has 0 saturated carbocycles. The second-order valence-corrected chi connectivity index (χ2v) is 5.07. The van der Waals surface area contributed by atoms with Gasteiger partial charge in [0.25, 0.3) is 0 Å². The van der Waals surface area contributed by atoms with Gasteiger partial charge in [0.2, 0.25) is 0 Å². The molecule has 0 aromatic carbocycles. The van der Waals surface area contributed by atoms with E-state index in [-0.39, 0.29) is 11.4 Å². The molecule has 1 atom stereocenters. The standard InChI is InChI=1S/C17H22O4/c1-3-4-5-6-7-8-11-17(21-14(2)19)12-9-16(20)15(17)10-13-18/h7-10,12-13H,3-6,11H2,1-2H3. The molecule has 0 fully saturated rings. The predicted octanol–water partition coefficient (Wildman–Crippen LogP) is 3.08. The maximum atomic E-state index is 11.8. The zero-order valence-corrected chi connectivity index (χ0v) is 12.6. The summed E-state index contributed by atoms with van der Waals surface area (Å²) in [5, 5.41) is 0. The summed E-state index contributed by atoms with van der Waals surface area (Å²) in [6, 6.07) is 0. The van der Waals surface area contributed by atoms with Crippen molar-refractivity contribution in [2.45, 2.75) is 51.6 Å². The largest absolute Gasteiger partial charge is 0.450 e. The van der Waals surface area contributed by atoms with Crippen LogP contribution in [0.15, 0.2) is 36.0 Å². The van der Waals surface area contributed by atoms with E-state index in [0.717, 1.165) is 19.3 Å². The van der Waals surface area contributed by atoms with Gasteiger partial charge in [0, 0.05) is 13.3 Å². The van der Waals surface area contributed by atoms with Crippen molar-refractivity contribution in [2.75, 3.05) is 0 Å². The van der Waals surface area contributed by atoms with E-state index in [1.165, 1.54) is 25.5 Å². The fourth-order valence-corrected chi connectivity index (χ4v) is 2.34. The van der Waals surface area contributed by atoms with Crippen LogP contribution in [0.4, 0.5) is 0 Å². The first-order valence-electron chi connectivity index (χ1n) is 7.30. The van der Waals surface area contributed by atoms with Gasteiger partial charge in [0.05, 0.1) is 5.57 Å². The number of carbonyl (C=O) groups is 3. The number of aldehydes is 1. The van der Waals surface area contributed by atoms with Crippen LogP contribution in [-0.2, 0) is 19.1 Å². The van der Waals surface area contributed by atoms with Crippen molar-refractivity contribution < 1.29 is 19.1 Å². The summed E-state index contributed by atoms with van der Waals surface area (Å²) in [4.78, 5) is 33.8. The average Bonchev–Trinajstić information content (AvgIpc) is 2.72. The molecular weight excluding hydrogens is 268 g/mol. The van der Waals surface area contributed by atoms with Gasteiger partial charge < -0.3 is 4.74 Å². The third-order valence-corrected chi connectivity index (χ3v) is 3.35. The molecule has 0 amide bonds. The Labute approximate surface area is 125 Å². The highest BCUT2D eigenvalue weighted by atomic mass is 16.6. The Kier molecular flexibility index (Phi) is 6.79. The molecular formula is C17H22O4. The second kappa shape index (κ2) is 8.35. The SMILES string of the molecule is CCCCCC=CCC1(OC(C)=O)C=CC(=O)C1=CC=O. The fraction of sp³-hybridized carbons (Fsp3) is 0.471. The predicted molar refractivity (Wildman–Crippen MR) is 80.7 cm³/mol. The topological polar surface area (TPSA) is 60.4 Å². The van der Waals surface area contributed by atoms with Crippen LogP contribution in [0.3, 0.4) is 0 Å². The lowest BCUT2D eigenvalue weighted by Gasteiger charge is -2.27. The van der Waals surface area contributed by atoms with E-state index in [4.69, 9.17) is 4.74 Å². The van der Waals surface area contributed by atoms with Gasteiger partial charge in [0.15, 0.2) is 11.4 Å². The smallest absolute Gasteiger partial charge is 0.303 e. The Hall–Kier alpha value is -1.97. The Morgan fingerprint density at radius 3 is 2.71 bits per heavy atom. The van der Waals surface area contributed by atoms with E-state index in [1.54, 1.807) is 6.08 Å². The molecule has 0 heterocycles. The van der Waals surface area contributed by atoms with Crippen LogP contribution in [0.2, 0.25) is 0 Å². The molecule has 0 aromatic rings. The highest BCUT2D eigenvalue weighted by Gasteiger charge is 2.41. The average molecular weight is 290 g/mol. The van der Waals surface area contributed by atoms with Crippen molar-refractivity contribution in [3.8, 4) is 0 Å². The number of hydrogen-bond donors (Lipinski definition) is 0. The molecule has 1 aliphatic rings. The molecule has 0 spiro atoms. The van der Waals surface area contributed by atoms with Gasteiger partial charge in [-0.1, -0.05) is 31.9 Å². The van der Waals surface area contributed by atoms with Gasteiger partial charge in [-0.15, -0.1) is 0 Å². The van der Waals surface area contributed by atoms with Gasteiger partial charge in [-0.05, 0) is 31.1 Å². The minimum atomic E-state index is -1.13. The van der Waals surface area contributed by atoms with Crippen LogP contribution in [0.1, 0.15) is 46.0 Å². The van der Waals surface area contributed by atoms with Gasteiger partial charge in [-0.2, -0.15) is 0 Å². The summed E-state index contributed by atoms with van der Waals surface area (Å²) >= 11 is 0. The first-order chi connectivity index (χ1) is 10.1. The van der Waals surface area contributed by atoms with E-state index in [0.29, 0.717) is 12.7 Å². The van der Waals surface area contributed by atoms with Crippen molar-refractivity contribution in [3.63, 3.8) is 0 Å². The maximum absolute atomic E-state index is 11.8. The van der Waals surface area contributed by atoms with Crippen LogP contribution in [0.5, 0.6) is 0 Å². The highest BCUT2D eigenvalue weighted by Crippen LogP contribution is 2.34. The van der Waals surface area contributed by atoms with Crippen LogP contribution in [0.25, 0.3) is 0 Å².